The Labute approximate surface area is 174 Å². The first-order valence-corrected chi connectivity index (χ1v) is 11.0. The topological polar surface area (TPSA) is 41.4 Å². The SMILES string of the molecule is CCN1CCc2c(c(CN(CC3CC3)C(=O)C(C)(C)C)nn2-c2ccccc2)C1. The largest absolute Gasteiger partial charge is 0.336 e. The predicted molar refractivity (Wildman–Crippen MR) is 116 cm³/mol. The van der Waals surface area contributed by atoms with Gasteiger partial charge >= 0.3 is 0 Å². The van der Waals surface area contributed by atoms with E-state index in [0.717, 1.165) is 44.0 Å². The summed E-state index contributed by atoms with van der Waals surface area (Å²) >= 11 is 0. The highest BCUT2D eigenvalue weighted by atomic mass is 16.2. The fourth-order valence-corrected chi connectivity index (χ4v) is 4.21. The van der Waals surface area contributed by atoms with Crippen LogP contribution in [0.25, 0.3) is 5.69 Å². The molecule has 0 N–H and O–H groups in total. The Balaban J connectivity index is 1.70. The summed E-state index contributed by atoms with van der Waals surface area (Å²) in [7, 11) is 0. The maximum absolute atomic E-state index is 13.2. The quantitative estimate of drug-likeness (QED) is 0.743. The van der Waals surface area contributed by atoms with Crippen LogP contribution in [0.15, 0.2) is 30.3 Å². The molecule has 0 radical (unpaired) electrons. The van der Waals surface area contributed by atoms with Crippen molar-refractivity contribution in [3.8, 4) is 5.69 Å². The standard InChI is InChI=1S/C24H34N4O/c1-5-26-14-13-22-20(16-26)21(25-28(22)19-9-7-6-8-10-19)17-27(15-18-11-12-18)23(29)24(2,3)4/h6-10,18H,5,11-17H2,1-4H3. The van der Waals surface area contributed by atoms with Gasteiger partial charge in [-0.25, -0.2) is 4.68 Å². The van der Waals surface area contributed by atoms with Crippen molar-refractivity contribution in [2.45, 2.75) is 60.0 Å². The molecule has 0 atom stereocenters. The van der Waals surface area contributed by atoms with Crippen LogP contribution in [-0.2, 0) is 24.3 Å². The number of rotatable bonds is 6. The molecule has 0 bridgehead atoms. The maximum atomic E-state index is 13.2. The Morgan fingerprint density at radius 1 is 1.21 bits per heavy atom. The van der Waals surface area contributed by atoms with Crippen LogP contribution in [0, 0.1) is 11.3 Å². The number of nitrogens with zero attached hydrogens (tertiary/aromatic N) is 4. The molecule has 1 fully saturated rings. The van der Waals surface area contributed by atoms with Crippen molar-refractivity contribution < 1.29 is 4.79 Å². The van der Waals surface area contributed by atoms with E-state index in [1.807, 2.05) is 26.8 Å². The van der Waals surface area contributed by atoms with Crippen LogP contribution in [-0.4, -0.2) is 45.1 Å². The number of amides is 1. The number of carbonyl (C=O) groups is 1. The molecule has 0 spiro atoms. The van der Waals surface area contributed by atoms with Gasteiger partial charge in [-0.15, -0.1) is 0 Å². The van der Waals surface area contributed by atoms with Crippen LogP contribution in [0.4, 0.5) is 0 Å². The second kappa shape index (κ2) is 7.94. The molecule has 2 aliphatic rings. The summed E-state index contributed by atoms with van der Waals surface area (Å²) < 4.78 is 2.12. The zero-order valence-corrected chi connectivity index (χ0v) is 18.3. The van der Waals surface area contributed by atoms with E-state index in [4.69, 9.17) is 5.10 Å². The summed E-state index contributed by atoms with van der Waals surface area (Å²) in [6, 6.07) is 10.4. The van der Waals surface area contributed by atoms with Gasteiger partial charge in [-0.3, -0.25) is 9.69 Å². The van der Waals surface area contributed by atoms with E-state index < -0.39 is 0 Å². The third kappa shape index (κ3) is 4.40. The lowest BCUT2D eigenvalue weighted by Gasteiger charge is -2.30. The number of para-hydroxylation sites is 1. The van der Waals surface area contributed by atoms with Gasteiger partial charge in [-0.2, -0.15) is 5.10 Å². The fourth-order valence-electron chi connectivity index (χ4n) is 4.21. The molecule has 0 unspecified atom stereocenters. The molecule has 1 amide bonds. The number of hydrogen-bond acceptors (Lipinski definition) is 3. The van der Waals surface area contributed by atoms with Gasteiger partial charge in [-0.1, -0.05) is 45.9 Å². The van der Waals surface area contributed by atoms with Gasteiger partial charge in [-0.05, 0) is 37.4 Å². The molecule has 1 aromatic heterocycles. The van der Waals surface area contributed by atoms with E-state index in [1.165, 1.54) is 24.1 Å². The molecule has 4 rings (SSSR count). The summed E-state index contributed by atoms with van der Waals surface area (Å²) in [5.41, 5.74) is 4.44. The first-order chi connectivity index (χ1) is 13.9. The number of carbonyl (C=O) groups excluding carboxylic acids is 1. The zero-order chi connectivity index (χ0) is 20.6. The van der Waals surface area contributed by atoms with E-state index in [9.17, 15) is 4.79 Å². The smallest absolute Gasteiger partial charge is 0.228 e. The molecule has 1 saturated carbocycles. The number of likely N-dealkylation sites (N-methyl/N-ethyl adjacent to an activating group) is 1. The molecule has 2 heterocycles. The zero-order valence-electron chi connectivity index (χ0n) is 18.3. The summed E-state index contributed by atoms with van der Waals surface area (Å²) in [5, 5.41) is 5.06. The van der Waals surface area contributed by atoms with E-state index in [2.05, 4.69) is 45.7 Å². The van der Waals surface area contributed by atoms with Crippen LogP contribution in [0.5, 0.6) is 0 Å². The Kier molecular flexibility index (Phi) is 5.52. The maximum Gasteiger partial charge on any atom is 0.228 e. The molecule has 1 aromatic carbocycles. The molecule has 1 aliphatic heterocycles. The van der Waals surface area contributed by atoms with E-state index in [1.54, 1.807) is 0 Å². The molecule has 5 nitrogen and oxygen atoms in total. The van der Waals surface area contributed by atoms with Gasteiger partial charge in [0, 0.05) is 37.0 Å². The molecular formula is C24H34N4O. The predicted octanol–water partition coefficient (Wildman–Crippen LogP) is 4.04. The van der Waals surface area contributed by atoms with Gasteiger partial charge in [0.15, 0.2) is 0 Å². The van der Waals surface area contributed by atoms with Crippen molar-refractivity contribution in [2.24, 2.45) is 11.3 Å². The Morgan fingerprint density at radius 2 is 1.93 bits per heavy atom. The van der Waals surface area contributed by atoms with Crippen LogP contribution in [0.2, 0.25) is 0 Å². The van der Waals surface area contributed by atoms with E-state index in [0.29, 0.717) is 12.5 Å². The van der Waals surface area contributed by atoms with Crippen molar-refractivity contribution >= 4 is 5.91 Å². The Bertz CT molecular complexity index is 861. The van der Waals surface area contributed by atoms with Gasteiger partial charge < -0.3 is 4.90 Å². The molecular weight excluding hydrogens is 360 g/mol. The van der Waals surface area contributed by atoms with Crippen molar-refractivity contribution in [1.29, 1.82) is 0 Å². The molecule has 5 heteroatoms. The number of aromatic nitrogens is 2. The van der Waals surface area contributed by atoms with Gasteiger partial charge in [0.05, 0.1) is 23.6 Å². The highest BCUT2D eigenvalue weighted by Crippen LogP contribution is 2.33. The monoisotopic (exact) mass is 394 g/mol. The third-order valence-electron chi connectivity index (χ3n) is 6.11. The van der Waals surface area contributed by atoms with Crippen LogP contribution < -0.4 is 0 Å². The van der Waals surface area contributed by atoms with Gasteiger partial charge in [0.2, 0.25) is 5.91 Å². The average molecular weight is 395 g/mol. The van der Waals surface area contributed by atoms with Crippen molar-refractivity contribution in [1.82, 2.24) is 19.6 Å². The molecule has 29 heavy (non-hydrogen) atoms. The van der Waals surface area contributed by atoms with Gasteiger partial charge in [0.1, 0.15) is 0 Å². The van der Waals surface area contributed by atoms with E-state index in [-0.39, 0.29) is 11.3 Å². The van der Waals surface area contributed by atoms with Crippen molar-refractivity contribution in [3.63, 3.8) is 0 Å². The minimum atomic E-state index is -0.369. The Hall–Kier alpha value is -2.14. The fraction of sp³-hybridized carbons (Fsp3) is 0.583. The van der Waals surface area contributed by atoms with Crippen molar-refractivity contribution in [2.75, 3.05) is 19.6 Å². The lowest BCUT2D eigenvalue weighted by molar-refractivity contribution is -0.140. The van der Waals surface area contributed by atoms with E-state index >= 15 is 0 Å². The third-order valence-corrected chi connectivity index (χ3v) is 6.11. The second-order valence-corrected chi connectivity index (χ2v) is 9.62. The normalized spacial score (nSPS) is 17.2. The first-order valence-electron chi connectivity index (χ1n) is 11.0. The highest BCUT2D eigenvalue weighted by Gasteiger charge is 2.34. The lowest BCUT2D eigenvalue weighted by Crippen LogP contribution is -2.40. The molecule has 1 aliphatic carbocycles. The lowest BCUT2D eigenvalue weighted by atomic mass is 9.94. The number of hydrogen-bond donors (Lipinski definition) is 0. The molecule has 156 valence electrons. The molecule has 0 saturated heterocycles. The van der Waals surface area contributed by atoms with Crippen LogP contribution >= 0.6 is 0 Å². The minimum absolute atomic E-state index is 0.232. The van der Waals surface area contributed by atoms with Crippen LogP contribution in [0.1, 0.15) is 57.5 Å². The second-order valence-electron chi connectivity index (χ2n) is 9.62. The minimum Gasteiger partial charge on any atom is -0.336 e. The summed E-state index contributed by atoms with van der Waals surface area (Å²) in [6.07, 6.45) is 3.49. The average Bonchev–Trinajstić information content (AvgIpc) is 3.46. The van der Waals surface area contributed by atoms with Crippen molar-refractivity contribution in [3.05, 3.63) is 47.3 Å². The summed E-state index contributed by atoms with van der Waals surface area (Å²) in [6.45, 7) is 12.8. The number of fused-ring (bicyclic) bond motifs is 1. The highest BCUT2D eigenvalue weighted by molar-refractivity contribution is 5.81. The summed E-state index contributed by atoms with van der Waals surface area (Å²) in [4.78, 5) is 17.7. The number of benzene rings is 1. The van der Waals surface area contributed by atoms with Gasteiger partial charge in [0.25, 0.3) is 0 Å². The first kappa shape index (κ1) is 20.1. The molecule has 2 aromatic rings. The summed E-state index contributed by atoms with van der Waals surface area (Å²) in [5.74, 6) is 0.899. The van der Waals surface area contributed by atoms with Crippen LogP contribution in [0.3, 0.4) is 0 Å². The Morgan fingerprint density at radius 3 is 2.55 bits per heavy atom.